The number of carbonyl (C=O) groups is 2. The molecule has 3 aromatic rings. The molecular formula is C25H22Cl2N2O5. The first-order valence-corrected chi connectivity index (χ1v) is 11.5. The summed E-state index contributed by atoms with van der Waals surface area (Å²) in [6.45, 7) is 0.432. The number of carbonyl (C=O) groups excluding carboxylic acids is 1. The predicted molar refractivity (Wildman–Crippen MR) is 128 cm³/mol. The SMILES string of the molecule is O=C(O)c1ccc(C2CCCN2C(=O)COc2ccc(Cl)cc2)nc1COc1ccc(Cl)cc1. The molecule has 1 N–H and O–H groups in total. The van der Waals surface area contributed by atoms with Gasteiger partial charge in [-0.05, 0) is 73.5 Å². The number of ether oxygens (including phenoxy) is 2. The van der Waals surface area contributed by atoms with Crippen LogP contribution >= 0.6 is 23.2 Å². The zero-order chi connectivity index (χ0) is 24.1. The highest BCUT2D eigenvalue weighted by Crippen LogP contribution is 2.32. The second kappa shape index (κ2) is 10.8. The van der Waals surface area contributed by atoms with Crippen molar-refractivity contribution in [2.24, 2.45) is 0 Å². The highest BCUT2D eigenvalue weighted by molar-refractivity contribution is 6.30. The number of nitrogens with zero attached hydrogens (tertiary/aromatic N) is 2. The molecule has 2 aromatic carbocycles. The third-order valence-corrected chi connectivity index (χ3v) is 6.01. The van der Waals surface area contributed by atoms with Crippen LogP contribution in [0, 0.1) is 0 Å². The molecule has 1 aromatic heterocycles. The normalized spacial score (nSPS) is 15.2. The fraction of sp³-hybridized carbons (Fsp3) is 0.240. The lowest BCUT2D eigenvalue weighted by atomic mass is 10.1. The van der Waals surface area contributed by atoms with Gasteiger partial charge in [0.2, 0.25) is 0 Å². The van der Waals surface area contributed by atoms with Crippen LogP contribution in [0.15, 0.2) is 60.7 Å². The minimum atomic E-state index is -1.09. The van der Waals surface area contributed by atoms with Crippen molar-refractivity contribution in [2.45, 2.75) is 25.5 Å². The van der Waals surface area contributed by atoms with Crippen LogP contribution in [-0.4, -0.2) is 40.0 Å². The molecule has 0 spiro atoms. The minimum Gasteiger partial charge on any atom is -0.487 e. The third kappa shape index (κ3) is 5.79. The number of benzene rings is 2. The molecule has 1 unspecified atom stereocenters. The quantitative estimate of drug-likeness (QED) is 0.444. The van der Waals surface area contributed by atoms with Gasteiger partial charge in [-0.3, -0.25) is 9.78 Å². The number of aromatic nitrogens is 1. The molecule has 1 amide bonds. The van der Waals surface area contributed by atoms with Gasteiger partial charge in [0, 0.05) is 16.6 Å². The topological polar surface area (TPSA) is 89.0 Å². The maximum atomic E-state index is 12.9. The smallest absolute Gasteiger partial charge is 0.337 e. The summed E-state index contributed by atoms with van der Waals surface area (Å²) in [4.78, 5) is 30.9. The van der Waals surface area contributed by atoms with Gasteiger partial charge in [0.05, 0.1) is 23.0 Å². The Morgan fingerprint density at radius 1 is 0.941 bits per heavy atom. The summed E-state index contributed by atoms with van der Waals surface area (Å²) < 4.78 is 11.3. The number of hydrogen-bond acceptors (Lipinski definition) is 5. The van der Waals surface area contributed by atoms with E-state index in [9.17, 15) is 14.7 Å². The lowest BCUT2D eigenvalue weighted by Gasteiger charge is -2.25. The van der Waals surface area contributed by atoms with E-state index < -0.39 is 5.97 Å². The fourth-order valence-corrected chi connectivity index (χ4v) is 4.07. The Labute approximate surface area is 206 Å². The van der Waals surface area contributed by atoms with Crippen LogP contribution in [0.5, 0.6) is 11.5 Å². The van der Waals surface area contributed by atoms with E-state index in [1.807, 2.05) is 0 Å². The molecule has 1 saturated heterocycles. The number of halogens is 2. The van der Waals surface area contributed by atoms with Gasteiger partial charge in [-0.15, -0.1) is 0 Å². The lowest BCUT2D eigenvalue weighted by Crippen LogP contribution is -2.35. The zero-order valence-corrected chi connectivity index (χ0v) is 19.6. The molecule has 1 aliphatic rings. The summed E-state index contributed by atoms with van der Waals surface area (Å²) in [6, 6.07) is 16.5. The number of amides is 1. The van der Waals surface area contributed by atoms with Crippen LogP contribution in [0.2, 0.25) is 10.0 Å². The van der Waals surface area contributed by atoms with Crippen LogP contribution in [0.3, 0.4) is 0 Å². The zero-order valence-electron chi connectivity index (χ0n) is 18.1. The second-order valence-corrected chi connectivity index (χ2v) is 8.64. The number of carboxylic acid groups (broad SMARTS) is 1. The molecule has 9 heteroatoms. The highest BCUT2D eigenvalue weighted by Gasteiger charge is 2.32. The van der Waals surface area contributed by atoms with E-state index in [1.165, 1.54) is 6.07 Å². The number of aromatic carboxylic acids is 1. The van der Waals surface area contributed by atoms with Gasteiger partial charge in [0.15, 0.2) is 6.61 Å². The van der Waals surface area contributed by atoms with Crippen molar-refractivity contribution in [1.82, 2.24) is 9.88 Å². The molecule has 4 rings (SSSR count). The van der Waals surface area contributed by atoms with Gasteiger partial charge in [0.1, 0.15) is 18.1 Å². The first-order valence-electron chi connectivity index (χ1n) is 10.7. The van der Waals surface area contributed by atoms with Gasteiger partial charge in [-0.1, -0.05) is 23.2 Å². The molecule has 0 bridgehead atoms. The highest BCUT2D eigenvalue weighted by atomic mass is 35.5. The third-order valence-electron chi connectivity index (χ3n) is 5.51. The van der Waals surface area contributed by atoms with Gasteiger partial charge in [-0.2, -0.15) is 0 Å². The summed E-state index contributed by atoms with van der Waals surface area (Å²) in [5.41, 5.74) is 0.966. The van der Waals surface area contributed by atoms with Crippen LogP contribution < -0.4 is 9.47 Å². The summed E-state index contributed by atoms with van der Waals surface area (Å²) in [5.74, 6) is -0.158. The number of pyridine rings is 1. The number of likely N-dealkylation sites (tertiary alicyclic amines) is 1. The molecule has 1 fully saturated rings. The maximum Gasteiger partial charge on any atom is 0.337 e. The minimum absolute atomic E-state index is 0.0303. The number of rotatable bonds is 8. The molecule has 176 valence electrons. The summed E-state index contributed by atoms with van der Waals surface area (Å²) >= 11 is 11.8. The fourth-order valence-electron chi connectivity index (χ4n) is 3.82. The van der Waals surface area contributed by atoms with Crippen molar-refractivity contribution in [3.05, 3.63) is 87.7 Å². The van der Waals surface area contributed by atoms with Crippen LogP contribution in [0.25, 0.3) is 0 Å². The van der Waals surface area contributed by atoms with Crippen molar-refractivity contribution >= 4 is 35.1 Å². The van der Waals surface area contributed by atoms with E-state index in [0.29, 0.717) is 33.8 Å². The van der Waals surface area contributed by atoms with Crippen molar-refractivity contribution in [2.75, 3.05) is 13.2 Å². The summed E-state index contributed by atoms with van der Waals surface area (Å²) in [5, 5.41) is 10.8. The Bertz CT molecular complexity index is 1170. The van der Waals surface area contributed by atoms with Crippen molar-refractivity contribution in [3.63, 3.8) is 0 Å². The largest absolute Gasteiger partial charge is 0.487 e. The van der Waals surface area contributed by atoms with Gasteiger partial charge in [0.25, 0.3) is 5.91 Å². The van der Waals surface area contributed by atoms with Crippen molar-refractivity contribution in [1.29, 1.82) is 0 Å². The van der Waals surface area contributed by atoms with Gasteiger partial charge in [-0.25, -0.2) is 4.79 Å². The van der Waals surface area contributed by atoms with E-state index >= 15 is 0 Å². The molecule has 34 heavy (non-hydrogen) atoms. The monoisotopic (exact) mass is 500 g/mol. The number of hydrogen-bond donors (Lipinski definition) is 1. The van der Waals surface area contributed by atoms with E-state index in [4.69, 9.17) is 32.7 Å². The first-order chi connectivity index (χ1) is 16.4. The van der Waals surface area contributed by atoms with E-state index in [-0.39, 0.29) is 36.4 Å². The number of carboxylic acids is 1. The Balaban J connectivity index is 1.48. The molecule has 0 radical (unpaired) electrons. The van der Waals surface area contributed by atoms with Crippen LogP contribution in [0.1, 0.15) is 40.6 Å². The van der Waals surface area contributed by atoms with E-state index in [0.717, 1.165) is 12.8 Å². The van der Waals surface area contributed by atoms with Crippen molar-refractivity contribution in [3.8, 4) is 11.5 Å². The Kier molecular flexibility index (Phi) is 7.55. The Morgan fingerprint density at radius 2 is 1.56 bits per heavy atom. The van der Waals surface area contributed by atoms with Crippen LogP contribution in [-0.2, 0) is 11.4 Å². The van der Waals surface area contributed by atoms with Crippen molar-refractivity contribution < 1.29 is 24.2 Å². The van der Waals surface area contributed by atoms with E-state index in [2.05, 4.69) is 4.98 Å². The Hall–Kier alpha value is -3.29. The molecule has 2 heterocycles. The Morgan fingerprint density at radius 3 is 2.18 bits per heavy atom. The molecule has 1 aliphatic heterocycles. The molecule has 7 nitrogen and oxygen atoms in total. The molecule has 0 saturated carbocycles. The van der Waals surface area contributed by atoms with Gasteiger partial charge >= 0.3 is 5.97 Å². The average Bonchev–Trinajstić information content (AvgIpc) is 3.33. The van der Waals surface area contributed by atoms with Crippen LogP contribution in [0.4, 0.5) is 0 Å². The summed E-state index contributed by atoms with van der Waals surface area (Å²) in [6.07, 6.45) is 1.54. The maximum absolute atomic E-state index is 12.9. The van der Waals surface area contributed by atoms with Gasteiger partial charge < -0.3 is 19.5 Å². The van der Waals surface area contributed by atoms with E-state index in [1.54, 1.807) is 59.5 Å². The molecule has 0 aliphatic carbocycles. The summed E-state index contributed by atoms with van der Waals surface area (Å²) in [7, 11) is 0. The predicted octanol–water partition coefficient (Wildman–Crippen LogP) is 5.41. The standard InChI is InChI=1S/C25H22Cl2N2O5/c26-16-3-7-18(8-4-16)33-14-22-20(25(31)32)11-12-21(28-22)23-2-1-13-29(23)24(30)15-34-19-9-5-17(27)6-10-19/h3-12,23H,1-2,13-15H2,(H,31,32). The lowest BCUT2D eigenvalue weighted by molar-refractivity contribution is -0.134. The molecular weight excluding hydrogens is 479 g/mol. The second-order valence-electron chi connectivity index (χ2n) is 7.77. The molecule has 1 atom stereocenters. The average molecular weight is 501 g/mol. The first kappa shape index (κ1) is 23.9.